The van der Waals surface area contributed by atoms with Crippen LogP contribution in [-0.4, -0.2) is 30.3 Å². The van der Waals surface area contributed by atoms with Crippen molar-refractivity contribution in [3.63, 3.8) is 0 Å². The summed E-state index contributed by atoms with van der Waals surface area (Å²) in [6, 6.07) is 0. The van der Waals surface area contributed by atoms with Crippen LogP contribution in [0.1, 0.15) is 26.2 Å². The Morgan fingerprint density at radius 3 is 2.33 bits per heavy atom. The summed E-state index contributed by atoms with van der Waals surface area (Å²) >= 11 is 0. The summed E-state index contributed by atoms with van der Waals surface area (Å²) in [5.41, 5.74) is 4.94. The maximum atomic E-state index is 11.1. The standard InChI is InChI=1S/C8H16N2O2/c1-3-4-8(12)10(2)6-5-7(9)11/h3-6H2,1-2H3,(H2,9,11). The van der Waals surface area contributed by atoms with Crippen LogP contribution in [0.4, 0.5) is 0 Å². The molecule has 2 N–H and O–H groups in total. The zero-order valence-electron chi connectivity index (χ0n) is 7.67. The third-order valence-corrected chi connectivity index (χ3v) is 1.58. The fraction of sp³-hybridized carbons (Fsp3) is 0.750. The van der Waals surface area contributed by atoms with Crippen molar-refractivity contribution < 1.29 is 9.59 Å². The number of hydrogen-bond donors (Lipinski definition) is 1. The lowest BCUT2D eigenvalue weighted by Gasteiger charge is -2.15. The Hall–Kier alpha value is -1.06. The second-order valence-corrected chi connectivity index (χ2v) is 2.78. The molecule has 70 valence electrons. The van der Waals surface area contributed by atoms with Gasteiger partial charge in [-0.2, -0.15) is 0 Å². The van der Waals surface area contributed by atoms with E-state index in [1.165, 1.54) is 4.90 Å². The van der Waals surface area contributed by atoms with E-state index in [0.717, 1.165) is 6.42 Å². The number of carbonyl (C=O) groups is 2. The fourth-order valence-electron chi connectivity index (χ4n) is 0.807. The van der Waals surface area contributed by atoms with E-state index in [1.54, 1.807) is 7.05 Å². The second-order valence-electron chi connectivity index (χ2n) is 2.78. The van der Waals surface area contributed by atoms with Crippen LogP contribution in [0.5, 0.6) is 0 Å². The molecule has 2 amide bonds. The molecule has 0 rings (SSSR count). The molecule has 0 unspecified atom stereocenters. The van der Waals surface area contributed by atoms with Crippen molar-refractivity contribution in [2.24, 2.45) is 5.73 Å². The topological polar surface area (TPSA) is 63.4 Å². The Labute approximate surface area is 72.7 Å². The predicted octanol–water partition coefficient (Wildman–Crippen LogP) is 0.120. The number of nitrogens with zero attached hydrogens (tertiary/aromatic N) is 1. The number of rotatable bonds is 5. The summed E-state index contributed by atoms with van der Waals surface area (Å²) in [7, 11) is 1.68. The molecule has 0 aliphatic carbocycles. The van der Waals surface area contributed by atoms with Crippen LogP contribution in [0.15, 0.2) is 0 Å². The molecule has 0 saturated heterocycles. The van der Waals surface area contributed by atoms with Gasteiger partial charge in [0, 0.05) is 26.4 Å². The van der Waals surface area contributed by atoms with Gasteiger partial charge in [-0.05, 0) is 6.42 Å². The Morgan fingerprint density at radius 1 is 1.33 bits per heavy atom. The SMILES string of the molecule is CCCC(=O)N(C)CCC(N)=O. The average Bonchev–Trinajstić information content (AvgIpc) is 2.00. The molecule has 0 fully saturated rings. The van der Waals surface area contributed by atoms with Gasteiger partial charge in [0.1, 0.15) is 0 Å². The van der Waals surface area contributed by atoms with Crippen molar-refractivity contribution >= 4 is 11.8 Å². The van der Waals surface area contributed by atoms with Crippen LogP contribution >= 0.6 is 0 Å². The third kappa shape index (κ3) is 4.71. The minimum absolute atomic E-state index is 0.0683. The normalized spacial score (nSPS) is 9.50. The molecule has 0 aromatic rings. The van der Waals surface area contributed by atoms with Gasteiger partial charge in [-0.15, -0.1) is 0 Å². The number of carbonyl (C=O) groups excluding carboxylic acids is 2. The molecule has 4 nitrogen and oxygen atoms in total. The molecule has 0 spiro atoms. The summed E-state index contributed by atoms with van der Waals surface area (Å²) in [5.74, 6) is -0.301. The van der Waals surface area contributed by atoms with E-state index < -0.39 is 0 Å². The van der Waals surface area contributed by atoms with Gasteiger partial charge in [0.05, 0.1) is 0 Å². The molecule has 0 atom stereocenters. The van der Waals surface area contributed by atoms with Gasteiger partial charge >= 0.3 is 0 Å². The van der Waals surface area contributed by atoms with Gasteiger partial charge in [-0.25, -0.2) is 0 Å². The first-order valence-corrected chi connectivity index (χ1v) is 4.10. The zero-order chi connectivity index (χ0) is 9.56. The van der Waals surface area contributed by atoms with E-state index in [2.05, 4.69) is 0 Å². The molecule has 0 saturated carbocycles. The van der Waals surface area contributed by atoms with E-state index in [0.29, 0.717) is 13.0 Å². The molecule has 12 heavy (non-hydrogen) atoms. The van der Waals surface area contributed by atoms with Gasteiger partial charge in [-0.1, -0.05) is 6.92 Å². The van der Waals surface area contributed by atoms with E-state index in [4.69, 9.17) is 5.73 Å². The molecular formula is C8H16N2O2. The average molecular weight is 172 g/mol. The van der Waals surface area contributed by atoms with Gasteiger partial charge in [0.25, 0.3) is 0 Å². The van der Waals surface area contributed by atoms with Crippen molar-refractivity contribution in [3.8, 4) is 0 Å². The molecule has 4 heteroatoms. The highest BCUT2D eigenvalue weighted by molar-refractivity contribution is 5.77. The lowest BCUT2D eigenvalue weighted by atomic mass is 10.3. The molecule has 0 aliphatic rings. The van der Waals surface area contributed by atoms with Crippen molar-refractivity contribution in [2.75, 3.05) is 13.6 Å². The van der Waals surface area contributed by atoms with E-state index in [-0.39, 0.29) is 18.2 Å². The van der Waals surface area contributed by atoms with Crippen molar-refractivity contribution in [1.82, 2.24) is 4.90 Å². The lowest BCUT2D eigenvalue weighted by molar-refractivity contribution is -0.130. The van der Waals surface area contributed by atoms with Gasteiger partial charge < -0.3 is 10.6 Å². The predicted molar refractivity (Wildman–Crippen MR) is 46.4 cm³/mol. The van der Waals surface area contributed by atoms with Crippen LogP contribution in [0.25, 0.3) is 0 Å². The smallest absolute Gasteiger partial charge is 0.222 e. The van der Waals surface area contributed by atoms with Crippen molar-refractivity contribution in [1.29, 1.82) is 0 Å². The van der Waals surface area contributed by atoms with Crippen molar-refractivity contribution in [3.05, 3.63) is 0 Å². The number of primary amides is 1. The first-order valence-electron chi connectivity index (χ1n) is 4.10. The molecule has 0 aromatic heterocycles. The third-order valence-electron chi connectivity index (χ3n) is 1.58. The van der Waals surface area contributed by atoms with Crippen LogP contribution in [0.3, 0.4) is 0 Å². The summed E-state index contributed by atoms with van der Waals surface area (Å²) < 4.78 is 0. The highest BCUT2D eigenvalue weighted by Gasteiger charge is 2.07. The maximum absolute atomic E-state index is 11.1. The fourth-order valence-corrected chi connectivity index (χ4v) is 0.807. The van der Waals surface area contributed by atoms with E-state index in [9.17, 15) is 9.59 Å². The number of nitrogens with two attached hydrogens (primary N) is 1. The number of amides is 2. The van der Waals surface area contributed by atoms with E-state index in [1.807, 2.05) is 6.92 Å². The van der Waals surface area contributed by atoms with Crippen molar-refractivity contribution in [2.45, 2.75) is 26.2 Å². The van der Waals surface area contributed by atoms with Crippen LogP contribution in [0.2, 0.25) is 0 Å². The Morgan fingerprint density at radius 2 is 1.92 bits per heavy atom. The molecule has 0 aliphatic heterocycles. The zero-order valence-corrected chi connectivity index (χ0v) is 7.67. The minimum atomic E-state index is -0.369. The number of hydrogen-bond acceptors (Lipinski definition) is 2. The largest absolute Gasteiger partial charge is 0.370 e. The van der Waals surface area contributed by atoms with Gasteiger partial charge in [0.15, 0.2) is 0 Å². The van der Waals surface area contributed by atoms with Crippen LogP contribution < -0.4 is 5.73 Å². The molecule has 0 bridgehead atoms. The van der Waals surface area contributed by atoms with Crippen LogP contribution in [-0.2, 0) is 9.59 Å². The highest BCUT2D eigenvalue weighted by Crippen LogP contribution is 1.95. The lowest BCUT2D eigenvalue weighted by Crippen LogP contribution is -2.30. The van der Waals surface area contributed by atoms with E-state index >= 15 is 0 Å². The molecular weight excluding hydrogens is 156 g/mol. The molecule has 0 aromatic carbocycles. The second kappa shape index (κ2) is 5.57. The summed E-state index contributed by atoms with van der Waals surface area (Å²) in [6.45, 7) is 2.37. The Bertz CT molecular complexity index is 168. The first-order chi connectivity index (χ1) is 5.57. The minimum Gasteiger partial charge on any atom is -0.370 e. The summed E-state index contributed by atoms with van der Waals surface area (Å²) in [6.07, 6.45) is 1.61. The molecule has 0 heterocycles. The maximum Gasteiger partial charge on any atom is 0.222 e. The van der Waals surface area contributed by atoms with Gasteiger partial charge in [-0.3, -0.25) is 9.59 Å². The van der Waals surface area contributed by atoms with Crippen LogP contribution in [0, 0.1) is 0 Å². The Kier molecular flexibility index (Phi) is 5.08. The quantitative estimate of drug-likeness (QED) is 0.640. The monoisotopic (exact) mass is 172 g/mol. The first kappa shape index (κ1) is 10.9. The highest BCUT2D eigenvalue weighted by atomic mass is 16.2. The Balaban J connectivity index is 3.63. The van der Waals surface area contributed by atoms with Gasteiger partial charge in [0.2, 0.25) is 11.8 Å². The summed E-state index contributed by atoms with van der Waals surface area (Å²) in [5, 5.41) is 0. The summed E-state index contributed by atoms with van der Waals surface area (Å²) in [4.78, 5) is 23.0. The molecule has 0 radical (unpaired) electrons.